The Bertz CT molecular complexity index is 2950. The first-order valence-electron chi connectivity index (χ1n) is 18.4. The quantitative estimate of drug-likeness (QED) is 0.165. The summed E-state index contributed by atoms with van der Waals surface area (Å²) in [6.07, 6.45) is 0. The van der Waals surface area contributed by atoms with Gasteiger partial charge in [0.2, 0.25) is 0 Å². The fourth-order valence-electron chi connectivity index (χ4n) is 7.33. The summed E-state index contributed by atoms with van der Waals surface area (Å²) in [5.41, 5.74) is 12.2. The second-order valence-corrected chi connectivity index (χ2v) is 14.7. The van der Waals surface area contributed by atoms with E-state index < -0.39 is 0 Å². The van der Waals surface area contributed by atoms with Crippen LogP contribution >= 0.6 is 11.3 Å². The van der Waals surface area contributed by atoms with Crippen LogP contribution in [0.5, 0.6) is 0 Å². The Morgan fingerprint density at radius 1 is 0.273 bits per heavy atom. The third-order valence-electron chi connectivity index (χ3n) is 10.2. The van der Waals surface area contributed by atoms with Crippen molar-refractivity contribution in [3.05, 3.63) is 200 Å². The maximum atomic E-state index is 5.09. The van der Waals surface area contributed by atoms with E-state index in [1.165, 1.54) is 53.6 Å². The second kappa shape index (κ2) is 14.1. The number of aromatic nitrogens is 3. The molecule has 0 fully saturated rings. The molecule has 0 saturated heterocycles. The summed E-state index contributed by atoms with van der Waals surface area (Å²) < 4.78 is 2.61. The van der Waals surface area contributed by atoms with Crippen molar-refractivity contribution in [1.82, 2.24) is 15.0 Å². The van der Waals surface area contributed by atoms with Crippen molar-refractivity contribution >= 4 is 31.5 Å². The number of rotatable bonds is 7. The lowest BCUT2D eigenvalue weighted by Crippen LogP contribution is -2.00. The molecule has 0 aliphatic heterocycles. The lowest BCUT2D eigenvalue weighted by atomic mass is 9.96. The van der Waals surface area contributed by atoms with Gasteiger partial charge in [0.05, 0.1) is 0 Å². The summed E-state index contributed by atoms with van der Waals surface area (Å²) in [5.74, 6) is 1.92. The molecule has 0 aliphatic rings. The number of nitrogens with zero attached hydrogens (tertiary/aromatic N) is 3. The minimum Gasteiger partial charge on any atom is -0.208 e. The predicted octanol–water partition coefficient (Wildman–Crippen LogP) is 13.9. The summed E-state index contributed by atoms with van der Waals surface area (Å²) in [6.45, 7) is 0. The van der Waals surface area contributed by atoms with Crippen LogP contribution in [0.15, 0.2) is 200 Å². The van der Waals surface area contributed by atoms with E-state index >= 15 is 0 Å². The molecular formula is C51H33N3S. The van der Waals surface area contributed by atoms with Crippen molar-refractivity contribution in [2.45, 2.75) is 0 Å². The normalized spacial score (nSPS) is 11.3. The van der Waals surface area contributed by atoms with E-state index in [0.29, 0.717) is 17.5 Å². The minimum atomic E-state index is 0.637. The molecule has 55 heavy (non-hydrogen) atoms. The molecule has 0 atom stereocenters. The number of benzene rings is 8. The third kappa shape index (κ3) is 6.39. The molecule has 0 bridgehead atoms. The van der Waals surface area contributed by atoms with E-state index in [1.807, 2.05) is 47.7 Å². The largest absolute Gasteiger partial charge is 0.208 e. The lowest BCUT2D eigenvalue weighted by molar-refractivity contribution is 1.07. The molecule has 10 rings (SSSR count). The zero-order valence-electron chi connectivity index (χ0n) is 29.8. The van der Waals surface area contributed by atoms with Crippen LogP contribution in [0.25, 0.3) is 98.8 Å². The highest BCUT2D eigenvalue weighted by Gasteiger charge is 2.15. The molecule has 258 valence electrons. The minimum absolute atomic E-state index is 0.637. The van der Waals surface area contributed by atoms with E-state index in [2.05, 4.69) is 164 Å². The summed E-state index contributed by atoms with van der Waals surface area (Å²) in [5, 5.41) is 2.60. The maximum absolute atomic E-state index is 5.09. The Hall–Kier alpha value is -7.01. The Labute approximate surface area is 323 Å². The van der Waals surface area contributed by atoms with E-state index in [1.54, 1.807) is 0 Å². The molecule has 3 nitrogen and oxygen atoms in total. The highest BCUT2D eigenvalue weighted by molar-refractivity contribution is 7.26. The van der Waals surface area contributed by atoms with Gasteiger partial charge in [0.25, 0.3) is 0 Å². The molecule has 0 amide bonds. The number of thiophene rings is 1. The average Bonchev–Trinajstić information content (AvgIpc) is 3.66. The lowest BCUT2D eigenvalue weighted by Gasteiger charge is -2.11. The number of fused-ring (bicyclic) bond motifs is 3. The van der Waals surface area contributed by atoms with Gasteiger partial charge in [0, 0.05) is 36.9 Å². The van der Waals surface area contributed by atoms with E-state index in [-0.39, 0.29) is 0 Å². The van der Waals surface area contributed by atoms with Gasteiger partial charge in [0.1, 0.15) is 0 Å². The first-order valence-corrected chi connectivity index (χ1v) is 19.2. The highest BCUT2D eigenvalue weighted by Crippen LogP contribution is 2.40. The first kappa shape index (κ1) is 32.6. The molecule has 0 spiro atoms. The topological polar surface area (TPSA) is 38.7 Å². The first-order chi connectivity index (χ1) is 27.2. The van der Waals surface area contributed by atoms with Crippen LogP contribution in [-0.2, 0) is 0 Å². The molecule has 0 radical (unpaired) electrons. The van der Waals surface area contributed by atoms with Gasteiger partial charge in [-0.15, -0.1) is 11.3 Å². The van der Waals surface area contributed by atoms with Crippen molar-refractivity contribution in [2.75, 3.05) is 0 Å². The molecule has 2 aromatic heterocycles. The molecular weight excluding hydrogens is 687 g/mol. The van der Waals surface area contributed by atoms with Gasteiger partial charge in [-0.2, -0.15) is 0 Å². The van der Waals surface area contributed by atoms with Crippen molar-refractivity contribution in [2.24, 2.45) is 0 Å². The van der Waals surface area contributed by atoms with Crippen LogP contribution in [0, 0.1) is 0 Å². The van der Waals surface area contributed by atoms with Crippen molar-refractivity contribution in [3.8, 4) is 78.7 Å². The third-order valence-corrected chi connectivity index (χ3v) is 11.4. The summed E-state index contributed by atoms with van der Waals surface area (Å²) in [6, 6.07) is 70.5. The van der Waals surface area contributed by atoms with Crippen molar-refractivity contribution in [1.29, 1.82) is 0 Å². The molecule has 8 aromatic carbocycles. The Balaban J connectivity index is 1.00. The van der Waals surface area contributed by atoms with E-state index in [9.17, 15) is 0 Å². The van der Waals surface area contributed by atoms with Crippen LogP contribution in [-0.4, -0.2) is 15.0 Å². The van der Waals surface area contributed by atoms with Gasteiger partial charge in [-0.3, -0.25) is 0 Å². The zero-order chi connectivity index (χ0) is 36.6. The molecule has 4 heteroatoms. The fraction of sp³-hybridized carbons (Fsp3) is 0. The molecule has 0 N–H and O–H groups in total. The van der Waals surface area contributed by atoms with Crippen LogP contribution in [0.3, 0.4) is 0 Å². The summed E-state index contributed by atoms with van der Waals surface area (Å²) in [4.78, 5) is 15.1. The molecule has 10 aromatic rings. The van der Waals surface area contributed by atoms with Gasteiger partial charge in [-0.25, -0.2) is 15.0 Å². The Morgan fingerprint density at radius 3 is 1.35 bits per heavy atom. The van der Waals surface area contributed by atoms with E-state index in [0.717, 1.165) is 27.8 Å². The van der Waals surface area contributed by atoms with Gasteiger partial charge in [-0.05, 0) is 62.7 Å². The monoisotopic (exact) mass is 719 g/mol. The predicted molar refractivity (Wildman–Crippen MR) is 231 cm³/mol. The maximum Gasteiger partial charge on any atom is 0.164 e. The van der Waals surface area contributed by atoms with Crippen LogP contribution in [0.1, 0.15) is 0 Å². The molecule has 2 heterocycles. The SMILES string of the molecule is c1ccc(-c2ccc(-c3cccc(-c4cccc(-c5nc(-c6ccccc6)nc(-c6ccc(-c7cccc8c7sc7ccccc78)cc6)n5)c4)c3)cc2)cc1. The van der Waals surface area contributed by atoms with Crippen LogP contribution in [0.4, 0.5) is 0 Å². The summed E-state index contributed by atoms with van der Waals surface area (Å²) in [7, 11) is 0. The van der Waals surface area contributed by atoms with Crippen LogP contribution in [0.2, 0.25) is 0 Å². The van der Waals surface area contributed by atoms with Gasteiger partial charge in [-0.1, -0.05) is 182 Å². The highest BCUT2D eigenvalue weighted by atomic mass is 32.1. The van der Waals surface area contributed by atoms with Crippen LogP contribution < -0.4 is 0 Å². The summed E-state index contributed by atoms with van der Waals surface area (Å²) >= 11 is 1.85. The smallest absolute Gasteiger partial charge is 0.164 e. The molecule has 0 aliphatic carbocycles. The standard InChI is InChI=1S/C51H33N3S/c1-3-12-34(13-4-1)35-24-26-36(27-25-35)40-16-9-17-41(32-40)42-18-10-19-43(33-42)51-53-49(38-14-5-2-6-15-38)52-50(54-51)39-30-28-37(29-31-39)44-21-11-22-46-45-20-7-8-23-47(45)55-48(44)46/h1-33H. The Morgan fingerprint density at radius 2 is 0.673 bits per heavy atom. The van der Waals surface area contributed by atoms with E-state index in [4.69, 9.17) is 15.0 Å². The fourth-order valence-corrected chi connectivity index (χ4v) is 8.56. The Kier molecular flexibility index (Phi) is 8.36. The molecule has 0 saturated carbocycles. The number of hydrogen-bond donors (Lipinski definition) is 0. The van der Waals surface area contributed by atoms with Crippen molar-refractivity contribution < 1.29 is 0 Å². The van der Waals surface area contributed by atoms with Gasteiger partial charge < -0.3 is 0 Å². The van der Waals surface area contributed by atoms with Crippen molar-refractivity contribution in [3.63, 3.8) is 0 Å². The second-order valence-electron chi connectivity index (χ2n) is 13.6. The zero-order valence-corrected chi connectivity index (χ0v) is 30.6. The molecule has 0 unspecified atom stereocenters. The number of hydrogen-bond acceptors (Lipinski definition) is 4. The van der Waals surface area contributed by atoms with Gasteiger partial charge in [0.15, 0.2) is 17.5 Å². The average molecular weight is 720 g/mol. The van der Waals surface area contributed by atoms with Gasteiger partial charge >= 0.3 is 0 Å².